The fourth-order valence-corrected chi connectivity index (χ4v) is 2.62. The third-order valence-electron chi connectivity index (χ3n) is 3.55. The summed E-state index contributed by atoms with van der Waals surface area (Å²) >= 11 is 0. The lowest BCUT2D eigenvalue weighted by Gasteiger charge is -2.33. The molecule has 4 heteroatoms. The van der Waals surface area contributed by atoms with E-state index >= 15 is 0 Å². The highest BCUT2D eigenvalue weighted by Crippen LogP contribution is 2.33. The van der Waals surface area contributed by atoms with Crippen LogP contribution >= 0.6 is 0 Å². The monoisotopic (exact) mass is 248 g/mol. The van der Waals surface area contributed by atoms with Crippen LogP contribution in [0.5, 0.6) is 0 Å². The molecule has 1 N–H and O–H groups in total. The molecule has 0 spiro atoms. The number of anilines is 1. The second-order valence-electron chi connectivity index (χ2n) is 4.99. The summed E-state index contributed by atoms with van der Waals surface area (Å²) in [5, 5.41) is 4.36. The van der Waals surface area contributed by atoms with Crippen LogP contribution in [0.4, 0.5) is 10.1 Å². The molecule has 18 heavy (non-hydrogen) atoms. The molecule has 0 aliphatic carbocycles. The van der Waals surface area contributed by atoms with Gasteiger partial charge in [0.1, 0.15) is 11.5 Å². The molecular formula is C14H17FN2O. The average molecular weight is 248 g/mol. The Morgan fingerprint density at radius 1 is 1.44 bits per heavy atom. The van der Waals surface area contributed by atoms with Gasteiger partial charge in [-0.3, -0.25) is 0 Å². The Hall–Kier alpha value is -1.55. The van der Waals surface area contributed by atoms with Crippen LogP contribution in [0.1, 0.15) is 12.5 Å². The van der Waals surface area contributed by atoms with Gasteiger partial charge in [-0.05, 0) is 31.5 Å². The Morgan fingerprint density at radius 2 is 2.28 bits per heavy atom. The summed E-state index contributed by atoms with van der Waals surface area (Å²) in [6, 6.07) is 3.69. The summed E-state index contributed by atoms with van der Waals surface area (Å²) < 4.78 is 19.7. The SMILES string of the molecule is Cc1coc2c(N3CCN[C@@H](C)C3)c(F)ccc12. The van der Waals surface area contributed by atoms with Crippen molar-refractivity contribution in [3.05, 3.63) is 29.8 Å². The highest BCUT2D eigenvalue weighted by molar-refractivity contribution is 5.92. The van der Waals surface area contributed by atoms with Gasteiger partial charge in [-0.25, -0.2) is 4.39 Å². The van der Waals surface area contributed by atoms with Crippen molar-refractivity contribution < 1.29 is 8.81 Å². The minimum atomic E-state index is -0.203. The Morgan fingerprint density at radius 3 is 3.06 bits per heavy atom. The van der Waals surface area contributed by atoms with Crippen molar-refractivity contribution in [1.29, 1.82) is 0 Å². The van der Waals surface area contributed by atoms with E-state index in [1.54, 1.807) is 12.3 Å². The molecule has 1 fully saturated rings. The van der Waals surface area contributed by atoms with Crippen LogP contribution in [-0.2, 0) is 0 Å². The van der Waals surface area contributed by atoms with Crippen molar-refractivity contribution in [2.24, 2.45) is 0 Å². The molecule has 0 bridgehead atoms. The van der Waals surface area contributed by atoms with Gasteiger partial charge in [0.05, 0.1) is 6.26 Å². The number of rotatable bonds is 1. The summed E-state index contributed by atoms with van der Waals surface area (Å²) in [5.41, 5.74) is 2.32. The fourth-order valence-electron chi connectivity index (χ4n) is 2.62. The van der Waals surface area contributed by atoms with Gasteiger partial charge in [-0.15, -0.1) is 0 Å². The normalized spacial score (nSPS) is 20.6. The summed E-state index contributed by atoms with van der Waals surface area (Å²) in [4.78, 5) is 2.07. The number of hydrogen-bond donors (Lipinski definition) is 1. The van der Waals surface area contributed by atoms with Crippen molar-refractivity contribution >= 4 is 16.7 Å². The molecule has 3 rings (SSSR count). The van der Waals surface area contributed by atoms with E-state index in [1.165, 1.54) is 6.07 Å². The summed E-state index contributed by atoms with van der Waals surface area (Å²) in [6.07, 6.45) is 1.69. The number of piperazine rings is 1. The number of furan rings is 1. The number of hydrogen-bond acceptors (Lipinski definition) is 3. The number of nitrogens with zero attached hydrogens (tertiary/aromatic N) is 1. The first kappa shape index (κ1) is 11.5. The van der Waals surface area contributed by atoms with E-state index < -0.39 is 0 Å². The maximum atomic E-state index is 14.1. The predicted octanol–water partition coefficient (Wildman–Crippen LogP) is 2.68. The van der Waals surface area contributed by atoms with Crippen LogP contribution in [0, 0.1) is 12.7 Å². The van der Waals surface area contributed by atoms with Crippen molar-refractivity contribution in [1.82, 2.24) is 5.32 Å². The van der Waals surface area contributed by atoms with E-state index in [0.29, 0.717) is 17.3 Å². The van der Waals surface area contributed by atoms with Gasteiger partial charge in [0, 0.05) is 31.1 Å². The molecule has 2 aromatic rings. The first-order valence-corrected chi connectivity index (χ1v) is 6.31. The molecule has 1 saturated heterocycles. The lowest BCUT2D eigenvalue weighted by atomic mass is 10.1. The number of fused-ring (bicyclic) bond motifs is 1. The lowest BCUT2D eigenvalue weighted by Crippen LogP contribution is -2.49. The van der Waals surface area contributed by atoms with Gasteiger partial charge < -0.3 is 14.6 Å². The molecule has 3 nitrogen and oxygen atoms in total. The number of halogens is 1. The van der Waals surface area contributed by atoms with E-state index in [-0.39, 0.29) is 5.82 Å². The Bertz CT molecular complexity index is 578. The molecule has 1 aliphatic rings. The number of benzene rings is 1. The third kappa shape index (κ3) is 1.77. The van der Waals surface area contributed by atoms with Crippen molar-refractivity contribution in [2.75, 3.05) is 24.5 Å². The summed E-state index contributed by atoms with van der Waals surface area (Å²) in [6.45, 7) is 6.57. The molecule has 0 radical (unpaired) electrons. The van der Waals surface area contributed by atoms with Gasteiger partial charge >= 0.3 is 0 Å². The standard InChI is InChI=1S/C14H17FN2O/c1-9-8-18-14-11(9)3-4-12(15)13(14)17-6-5-16-10(2)7-17/h3-4,8,10,16H,5-7H2,1-2H3/t10-/m0/s1. The molecule has 2 heterocycles. The number of nitrogens with one attached hydrogen (secondary N) is 1. The Balaban J connectivity index is 2.12. The molecule has 1 atom stereocenters. The molecule has 1 aromatic heterocycles. The summed E-state index contributed by atoms with van der Waals surface area (Å²) in [5.74, 6) is -0.203. The van der Waals surface area contributed by atoms with Gasteiger partial charge in [0.2, 0.25) is 0 Å². The fraction of sp³-hybridized carbons (Fsp3) is 0.429. The predicted molar refractivity (Wildman–Crippen MR) is 70.6 cm³/mol. The molecule has 0 saturated carbocycles. The van der Waals surface area contributed by atoms with E-state index in [4.69, 9.17) is 4.42 Å². The summed E-state index contributed by atoms with van der Waals surface area (Å²) in [7, 11) is 0. The largest absolute Gasteiger partial charge is 0.462 e. The first-order chi connectivity index (χ1) is 8.66. The van der Waals surface area contributed by atoms with Crippen LogP contribution in [0.15, 0.2) is 22.8 Å². The molecule has 0 amide bonds. The zero-order valence-corrected chi connectivity index (χ0v) is 10.7. The van der Waals surface area contributed by atoms with E-state index in [9.17, 15) is 4.39 Å². The smallest absolute Gasteiger partial charge is 0.160 e. The minimum absolute atomic E-state index is 0.203. The average Bonchev–Trinajstić information content (AvgIpc) is 2.71. The Labute approximate surface area is 106 Å². The van der Waals surface area contributed by atoms with Gasteiger partial charge in [0.25, 0.3) is 0 Å². The molecule has 0 unspecified atom stereocenters. The number of aryl methyl sites for hydroxylation is 1. The second-order valence-corrected chi connectivity index (χ2v) is 4.99. The van der Waals surface area contributed by atoms with E-state index in [1.807, 2.05) is 6.92 Å². The van der Waals surface area contributed by atoms with Crippen LogP contribution in [0.3, 0.4) is 0 Å². The minimum Gasteiger partial charge on any atom is -0.462 e. The van der Waals surface area contributed by atoms with Crippen molar-refractivity contribution in [2.45, 2.75) is 19.9 Å². The Kier molecular flexibility index (Phi) is 2.74. The van der Waals surface area contributed by atoms with Crippen LogP contribution in [0.25, 0.3) is 11.0 Å². The van der Waals surface area contributed by atoms with E-state index in [2.05, 4.69) is 17.1 Å². The molecule has 1 aromatic carbocycles. The van der Waals surface area contributed by atoms with Crippen molar-refractivity contribution in [3.63, 3.8) is 0 Å². The zero-order chi connectivity index (χ0) is 12.7. The van der Waals surface area contributed by atoms with Crippen LogP contribution in [0.2, 0.25) is 0 Å². The molecule has 1 aliphatic heterocycles. The van der Waals surface area contributed by atoms with Gasteiger partial charge in [-0.2, -0.15) is 0 Å². The van der Waals surface area contributed by atoms with Crippen LogP contribution in [-0.4, -0.2) is 25.7 Å². The third-order valence-corrected chi connectivity index (χ3v) is 3.55. The maximum absolute atomic E-state index is 14.1. The van der Waals surface area contributed by atoms with Crippen LogP contribution < -0.4 is 10.2 Å². The second kappa shape index (κ2) is 4.28. The first-order valence-electron chi connectivity index (χ1n) is 6.31. The molecule has 96 valence electrons. The van der Waals surface area contributed by atoms with Crippen molar-refractivity contribution in [3.8, 4) is 0 Å². The van der Waals surface area contributed by atoms with Gasteiger partial charge in [0.15, 0.2) is 5.58 Å². The quantitative estimate of drug-likeness (QED) is 0.841. The maximum Gasteiger partial charge on any atom is 0.160 e. The zero-order valence-electron chi connectivity index (χ0n) is 10.7. The molecular weight excluding hydrogens is 231 g/mol. The lowest BCUT2D eigenvalue weighted by molar-refractivity contribution is 0.477. The van der Waals surface area contributed by atoms with Gasteiger partial charge in [-0.1, -0.05) is 0 Å². The topological polar surface area (TPSA) is 28.4 Å². The highest BCUT2D eigenvalue weighted by atomic mass is 19.1. The highest BCUT2D eigenvalue weighted by Gasteiger charge is 2.22. The van der Waals surface area contributed by atoms with E-state index in [0.717, 1.165) is 30.6 Å².